The predicted octanol–water partition coefficient (Wildman–Crippen LogP) is 2.42. The molecule has 4 heterocycles. The van der Waals surface area contributed by atoms with Gasteiger partial charge in [0, 0.05) is 43.3 Å². The summed E-state index contributed by atoms with van der Waals surface area (Å²) in [6.07, 6.45) is 6.12. The average Bonchev–Trinajstić information content (AvgIpc) is 3.48. The van der Waals surface area contributed by atoms with E-state index in [-0.39, 0.29) is 0 Å². The largest absolute Gasteiger partial charge is 0.374 e. The van der Waals surface area contributed by atoms with Gasteiger partial charge in [0.15, 0.2) is 0 Å². The summed E-state index contributed by atoms with van der Waals surface area (Å²) in [6, 6.07) is 9.20. The normalized spacial score (nSPS) is 26.1. The molecular formula is C23H34ClN7O. The molecule has 3 fully saturated rings. The highest BCUT2D eigenvalue weighted by atomic mass is 35.5. The fraction of sp³-hybridized carbons (Fsp3) is 0.652. The van der Waals surface area contributed by atoms with Crippen molar-refractivity contribution in [2.45, 2.75) is 50.3 Å². The summed E-state index contributed by atoms with van der Waals surface area (Å²) < 4.78 is 6.40. The summed E-state index contributed by atoms with van der Waals surface area (Å²) in [7, 11) is 0. The van der Waals surface area contributed by atoms with Crippen molar-refractivity contribution in [3.05, 3.63) is 34.9 Å². The predicted molar refractivity (Wildman–Crippen MR) is 127 cm³/mol. The van der Waals surface area contributed by atoms with Crippen LogP contribution in [0, 0.1) is 0 Å². The molecule has 3 aliphatic heterocycles. The Balaban J connectivity index is 1.25. The zero-order valence-electron chi connectivity index (χ0n) is 18.6. The smallest absolute Gasteiger partial charge is 0.246 e. The quantitative estimate of drug-likeness (QED) is 0.685. The van der Waals surface area contributed by atoms with Crippen LogP contribution in [0.5, 0.6) is 0 Å². The molecule has 3 N–H and O–H groups in total. The van der Waals surface area contributed by atoms with Gasteiger partial charge in [-0.15, -0.1) is 5.10 Å². The van der Waals surface area contributed by atoms with E-state index in [0.717, 1.165) is 57.1 Å². The van der Waals surface area contributed by atoms with Crippen LogP contribution < -0.4 is 10.6 Å². The van der Waals surface area contributed by atoms with E-state index in [1.807, 2.05) is 12.1 Å². The molecule has 2 aromatic rings. The molecule has 174 valence electrons. The van der Waals surface area contributed by atoms with Crippen LogP contribution in [-0.2, 0) is 11.2 Å². The maximum absolute atomic E-state index is 6.40. The van der Waals surface area contributed by atoms with Crippen LogP contribution >= 0.6 is 11.6 Å². The number of hydrogen-bond donors (Lipinski definition) is 2. The topological polar surface area (TPSA) is 86.5 Å². The van der Waals surface area contributed by atoms with Gasteiger partial charge >= 0.3 is 0 Å². The Morgan fingerprint density at radius 1 is 1.09 bits per heavy atom. The third kappa shape index (κ3) is 5.20. The van der Waals surface area contributed by atoms with Gasteiger partial charge in [0.1, 0.15) is 0 Å². The molecule has 0 aliphatic carbocycles. The number of aromatic amines is 1. The minimum absolute atomic E-state index is 0.292. The first kappa shape index (κ1) is 21.9. The Bertz CT molecular complexity index is 861. The van der Waals surface area contributed by atoms with Gasteiger partial charge in [-0.2, -0.15) is 4.98 Å². The average molecular weight is 460 g/mol. The number of nitrogens with one attached hydrogen (secondary N) is 1. The molecule has 32 heavy (non-hydrogen) atoms. The number of halogens is 1. The van der Waals surface area contributed by atoms with Gasteiger partial charge in [0.05, 0.1) is 12.7 Å². The number of hydrogen-bond acceptors (Lipinski definition) is 7. The van der Waals surface area contributed by atoms with Crippen LogP contribution in [0.25, 0.3) is 0 Å². The second-order valence-corrected chi connectivity index (χ2v) is 9.82. The summed E-state index contributed by atoms with van der Waals surface area (Å²) >= 11 is 6.11. The minimum atomic E-state index is 0.292. The lowest BCUT2D eigenvalue weighted by molar-refractivity contribution is -0.0896. The third-order valence-electron chi connectivity index (χ3n) is 7.16. The number of anilines is 2. The molecule has 0 radical (unpaired) electrons. The van der Waals surface area contributed by atoms with E-state index in [4.69, 9.17) is 22.1 Å². The van der Waals surface area contributed by atoms with Crippen LogP contribution in [0.1, 0.15) is 31.2 Å². The molecule has 1 aromatic heterocycles. The van der Waals surface area contributed by atoms with Crippen LogP contribution in [0.2, 0.25) is 5.02 Å². The van der Waals surface area contributed by atoms with Crippen molar-refractivity contribution >= 4 is 23.5 Å². The molecule has 2 atom stereocenters. The number of nitrogens with two attached hydrogens (primary N) is 1. The van der Waals surface area contributed by atoms with E-state index in [1.54, 1.807) is 0 Å². The highest BCUT2D eigenvalue weighted by Gasteiger charge is 2.36. The highest BCUT2D eigenvalue weighted by Crippen LogP contribution is 2.27. The van der Waals surface area contributed by atoms with Gasteiger partial charge in [-0.1, -0.05) is 23.7 Å². The number of aromatic nitrogens is 3. The minimum Gasteiger partial charge on any atom is -0.374 e. The molecule has 1 aromatic carbocycles. The second-order valence-electron chi connectivity index (χ2n) is 9.38. The Morgan fingerprint density at radius 2 is 1.84 bits per heavy atom. The highest BCUT2D eigenvalue weighted by molar-refractivity contribution is 6.30. The third-order valence-corrected chi connectivity index (χ3v) is 7.41. The van der Waals surface area contributed by atoms with E-state index in [2.05, 4.69) is 42.0 Å². The second kappa shape index (κ2) is 9.95. The number of H-pyrrole nitrogens is 1. The zero-order chi connectivity index (χ0) is 21.9. The van der Waals surface area contributed by atoms with Crippen molar-refractivity contribution in [1.82, 2.24) is 25.0 Å². The maximum Gasteiger partial charge on any atom is 0.246 e. The fourth-order valence-electron chi connectivity index (χ4n) is 5.46. The monoisotopic (exact) mass is 459 g/mol. The maximum atomic E-state index is 6.40. The molecule has 0 unspecified atom stereocenters. The van der Waals surface area contributed by atoms with Gasteiger partial charge in [-0.05, 0) is 62.9 Å². The van der Waals surface area contributed by atoms with Crippen LogP contribution in [0.15, 0.2) is 24.3 Å². The number of ether oxygens (including phenoxy) is 1. The molecule has 5 rings (SSSR count). The lowest BCUT2D eigenvalue weighted by atomic mass is 9.96. The summed E-state index contributed by atoms with van der Waals surface area (Å²) in [5.74, 6) is 1.09. The molecule has 0 bridgehead atoms. The van der Waals surface area contributed by atoms with Crippen molar-refractivity contribution in [3.63, 3.8) is 0 Å². The standard InChI is InChI=1S/C23H34ClN7O/c24-18-5-3-17(4-6-18)13-20-16-32-21(14-29-9-1-2-10-29)15-31(20)19-7-11-30(12-8-19)23-26-22(25)27-28-23/h3-6,19-21H,1-2,7-16H2,(H3,25,26,27,28)/t20-,21-/m0/s1. The van der Waals surface area contributed by atoms with Gasteiger partial charge in [0.2, 0.25) is 11.9 Å². The molecule has 0 spiro atoms. The SMILES string of the molecule is Nc1nc(N2CCC(N3C[C@H](CN4CCCC4)OC[C@@H]3Cc3ccc(Cl)cc3)CC2)n[nH]1. The van der Waals surface area contributed by atoms with Crippen LogP contribution in [0.4, 0.5) is 11.9 Å². The lowest BCUT2D eigenvalue weighted by Gasteiger charge is -2.47. The van der Waals surface area contributed by atoms with Crippen molar-refractivity contribution in [3.8, 4) is 0 Å². The number of rotatable bonds is 6. The van der Waals surface area contributed by atoms with Gasteiger partial charge in [-0.3, -0.25) is 4.90 Å². The summed E-state index contributed by atoms with van der Waals surface area (Å²) in [6.45, 7) is 7.18. The van der Waals surface area contributed by atoms with Crippen molar-refractivity contribution in [1.29, 1.82) is 0 Å². The van der Waals surface area contributed by atoms with Crippen molar-refractivity contribution in [2.75, 3.05) is 56.5 Å². The molecule has 3 aliphatic rings. The summed E-state index contributed by atoms with van der Waals surface area (Å²) in [5, 5.41) is 7.78. The summed E-state index contributed by atoms with van der Waals surface area (Å²) in [5.41, 5.74) is 7.04. The van der Waals surface area contributed by atoms with Gasteiger partial charge < -0.3 is 20.3 Å². The fourth-order valence-corrected chi connectivity index (χ4v) is 5.59. The summed E-state index contributed by atoms with van der Waals surface area (Å²) in [4.78, 5) is 11.8. The molecule has 3 saturated heterocycles. The zero-order valence-corrected chi connectivity index (χ0v) is 19.4. The number of nitrogens with zero attached hydrogens (tertiary/aromatic N) is 5. The molecule has 8 nitrogen and oxygen atoms in total. The van der Waals surface area contributed by atoms with Crippen LogP contribution in [0.3, 0.4) is 0 Å². The first-order chi connectivity index (χ1) is 15.6. The lowest BCUT2D eigenvalue weighted by Crippen LogP contribution is -2.58. The van der Waals surface area contributed by atoms with E-state index in [1.165, 1.54) is 31.5 Å². The first-order valence-corrected chi connectivity index (χ1v) is 12.3. The number of benzene rings is 1. The molecule has 0 saturated carbocycles. The molecular weight excluding hydrogens is 426 g/mol. The Labute approximate surface area is 195 Å². The Hall–Kier alpha value is -1.87. The van der Waals surface area contributed by atoms with Gasteiger partial charge in [-0.25, -0.2) is 5.10 Å². The number of morpholine rings is 1. The van der Waals surface area contributed by atoms with Gasteiger partial charge in [0.25, 0.3) is 0 Å². The first-order valence-electron chi connectivity index (χ1n) is 11.9. The Kier molecular flexibility index (Phi) is 6.83. The van der Waals surface area contributed by atoms with E-state index < -0.39 is 0 Å². The van der Waals surface area contributed by atoms with Crippen molar-refractivity contribution < 1.29 is 4.74 Å². The van der Waals surface area contributed by atoms with Crippen LogP contribution in [-0.4, -0.2) is 89.0 Å². The van der Waals surface area contributed by atoms with Crippen molar-refractivity contribution in [2.24, 2.45) is 0 Å². The number of piperidine rings is 1. The van der Waals surface area contributed by atoms with E-state index in [9.17, 15) is 0 Å². The Morgan fingerprint density at radius 3 is 2.53 bits per heavy atom. The number of nitrogen functional groups attached to an aromatic ring is 1. The molecule has 0 amide bonds. The van der Waals surface area contributed by atoms with E-state index >= 15 is 0 Å². The number of likely N-dealkylation sites (tertiary alicyclic amines) is 1. The van der Waals surface area contributed by atoms with E-state index in [0.29, 0.717) is 30.1 Å². The molecule has 9 heteroatoms.